The number of hydrogen-bond acceptors (Lipinski definition) is 4. The Labute approximate surface area is 118 Å². The van der Waals surface area contributed by atoms with E-state index < -0.39 is 0 Å². The first-order valence-electron chi connectivity index (χ1n) is 7.05. The van der Waals surface area contributed by atoms with E-state index in [0.29, 0.717) is 17.5 Å². The molecule has 106 valence electrons. The molecule has 0 saturated carbocycles. The van der Waals surface area contributed by atoms with E-state index in [9.17, 15) is 4.79 Å². The predicted molar refractivity (Wildman–Crippen MR) is 80.0 cm³/mol. The van der Waals surface area contributed by atoms with Crippen molar-refractivity contribution in [3.8, 4) is 0 Å². The third-order valence-corrected chi connectivity index (χ3v) is 3.99. The van der Waals surface area contributed by atoms with E-state index in [1.165, 1.54) is 0 Å². The SMILES string of the molecule is Cc1ccc2occ(CN3CCN(C)CC3)c(=O)c2c1. The molecule has 0 aliphatic carbocycles. The van der Waals surface area contributed by atoms with Crippen LogP contribution in [0.2, 0.25) is 0 Å². The van der Waals surface area contributed by atoms with Crippen molar-refractivity contribution >= 4 is 11.0 Å². The Morgan fingerprint density at radius 1 is 1.20 bits per heavy atom. The van der Waals surface area contributed by atoms with E-state index >= 15 is 0 Å². The average Bonchev–Trinajstić information content (AvgIpc) is 2.45. The minimum atomic E-state index is 0.105. The summed E-state index contributed by atoms with van der Waals surface area (Å²) in [6.07, 6.45) is 1.62. The lowest BCUT2D eigenvalue weighted by molar-refractivity contribution is 0.147. The highest BCUT2D eigenvalue weighted by atomic mass is 16.3. The maximum Gasteiger partial charge on any atom is 0.197 e. The van der Waals surface area contributed by atoms with Gasteiger partial charge in [0.15, 0.2) is 5.43 Å². The molecule has 1 fully saturated rings. The molecule has 0 unspecified atom stereocenters. The molecule has 0 spiro atoms. The lowest BCUT2D eigenvalue weighted by Crippen LogP contribution is -2.44. The number of aryl methyl sites for hydroxylation is 1. The second-order valence-corrected chi connectivity index (χ2v) is 5.67. The molecular weight excluding hydrogens is 252 g/mol. The van der Waals surface area contributed by atoms with Crippen LogP contribution in [-0.4, -0.2) is 43.0 Å². The van der Waals surface area contributed by atoms with Crippen LogP contribution >= 0.6 is 0 Å². The van der Waals surface area contributed by atoms with Crippen molar-refractivity contribution in [1.82, 2.24) is 9.80 Å². The molecule has 0 radical (unpaired) electrons. The van der Waals surface area contributed by atoms with Crippen LogP contribution in [0.3, 0.4) is 0 Å². The van der Waals surface area contributed by atoms with Gasteiger partial charge in [0.2, 0.25) is 0 Å². The first-order chi connectivity index (χ1) is 9.63. The zero-order valence-corrected chi connectivity index (χ0v) is 12.1. The standard InChI is InChI=1S/C16H20N2O2/c1-12-3-4-15-14(9-12)16(19)13(11-20-15)10-18-7-5-17(2)6-8-18/h3-4,9,11H,5-8,10H2,1-2H3. The van der Waals surface area contributed by atoms with Crippen LogP contribution in [0, 0.1) is 6.92 Å². The van der Waals surface area contributed by atoms with Crippen LogP contribution in [0.1, 0.15) is 11.1 Å². The molecule has 2 heterocycles. The molecule has 0 bridgehead atoms. The number of nitrogens with zero attached hydrogens (tertiary/aromatic N) is 2. The number of benzene rings is 1. The van der Waals surface area contributed by atoms with Crippen LogP contribution in [-0.2, 0) is 6.54 Å². The van der Waals surface area contributed by atoms with E-state index in [1.54, 1.807) is 6.26 Å². The summed E-state index contributed by atoms with van der Waals surface area (Å²) in [4.78, 5) is 17.1. The fourth-order valence-electron chi connectivity index (χ4n) is 2.64. The number of rotatable bonds is 2. The quantitative estimate of drug-likeness (QED) is 0.836. The minimum absolute atomic E-state index is 0.105. The summed E-state index contributed by atoms with van der Waals surface area (Å²) in [6, 6.07) is 5.74. The van der Waals surface area contributed by atoms with Gasteiger partial charge in [-0.05, 0) is 26.1 Å². The molecule has 3 rings (SSSR count). The summed E-state index contributed by atoms with van der Waals surface area (Å²) >= 11 is 0. The van der Waals surface area contributed by atoms with Gasteiger partial charge in [-0.2, -0.15) is 0 Å². The van der Waals surface area contributed by atoms with Crippen molar-refractivity contribution in [2.24, 2.45) is 0 Å². The summed E-state index contributed by atoms with van der Waals surface area (Å²) < 4.78 is 5.60. The summed E-state index contributed by atoms with van der Waals surface area (Å²) in [5, 5.41) is 0.691. The Morgan fingerprint density at radius 3 is 2.70 bits per heavy atom. The molecule has 2 aromatic rings. The predicted octanol–water partition coefficient (Wildman–Crippen LogP) is 1.85. The molecule has 4 nitrogen and oxygen atoms in total. The van der Waals surface area contributed by atoms with Crippen LogP contribution in [0.15, 0.2) is 33.7 Å². The van der Waals surface area contributed by atoms with Gasteiger partial charge in [0, 0.05) is 38.3 Å². The smallest absolute Gasteiger partial charge is 0.197 e. The maximum absolute atomic E-state index is 12.5. The Hall–Kier alpha value is -1.65. The number of fused-ring (bicyclic) bond motifs is 1. The zero-order valence-electron chi connectivity index (χ0n) is 12.1. The van der Waals surface area contributed by atoms with Gasteiger partial charge in [-0.1, -0.05) is 11.6 Å². The molecule has 1 aliphatic rings. The summed E-state index contributed by atoms with van der Waals surface area (Å²) in [5.41, 5.74) is 2.62. The Bertz CT molecular complexity index is 670. The van der Waals surface area contributed by atoms with Crippen molar-refractivity contribution in [3.05, 3.63) is 45.8 Å². The van der Waals surface area contributed by atoms with Gasteiger partial charge in [-0.25, -0.2) is 0 Å². The molecular formula is C16H20N2O2. The molecule has 4 heteroatoms. The fraction of sp³-hybridized carbons (Fsp3) is 0.438. The molecule has 1 aliphatic heterocycles. The second-order valence-electron chi connectivity index (χ2n) is 5.67. The molecule has 0 atom stereocenters. The molecule has 20 heavy (non-hydrogen) atoms. The molecule has 1 saturated heterocycles. The first-order valence-corrected chi connectivity index (χ1v) is 7.05. The van der Waals surface area contributed by atoms with E-state index in [4.69, 9.17) is 4.42 Å². The third kappa shape index (κ3) is 2.62. The normalized spacial score (nSPS) is 17.7. The monoisotopic (exact) mass is 272 g/mol. The summed E-state index contributed by atoms with van der Waals surface area (Å²) in [5.74, 6) is 0. The summed E-state index contributed by atoms with van der Waals surface area (Å²) in [7, 11) is 2.13. The Balaban J connectivity index is 1.88. The van der Waals surface area contributed by atoms with Gasteiger partial charge in [0.25, 0.3) is 0 Å². The summed E-state index contributed by atoms with van der Waals surface area (Å²) in [6.45, 7) is 6.78. The van der Waals surface area contributed by atoms with E-state index in [2.05, 4.69) is 16.8 Å². The van der Waals surface area contributed by atoms with Crippen LogP contribution in [0.5, 0.6) is 0 Å². The van der Waals surface area contributed by atoms with Gasteiger partial charge in [-0.15, -0.1) is 0 Å². The van der Waals surface area contributed by atoms with Crippen LogP contribution in [0.4, 0.5) is 0 Å². The van der Waals surface area contributed by atoms with Gasteiger partial charge < -0.3 is 9.32 Å². The second kappa shape index (κ2) is 5.38. The zero-order chi connectivity index (χ0) is 14.1. The molecule has 1 aromatic carbocycles. The van der Waals surface area contributed by atoms with Gasteiger partial charge in [0.1, 0.15) is 5.58 Å². The van der Waals surface area contributed by atoms with Gasteiger partial charge in [-0.3, -0.25) is 9.69 Å². The van der Waals surface area contributed by atoms with Crippen molar-refractivity contribution in [1.29, 1.82) is 0 Å². The Morgan fingerprint density at radius 2 is 1.95 bits per heavy atom. The Kier molecular flexibility index (Phi) is 3.59. The number of likely N-dealkylation sites (N-methyl/N-ethyl adjacent to an activating group) is 1. The molecule has 1 aromatic heterocycles. The molecule has 0 amide bonds. The molecule has 0 N–H and O–H groups in total. The van der Waals surface area contributed by atoms with E-state index in [1.807, 2.05) is 25.1 Å². The van der Waals surface area contributed by atoms with Gasteiger partial charge >= 0.3 is 0 Å². The van der Waals surface area contributed by atoms with Crippen molar-refractivity contribution in [2.45, 2.75) is 13.5 Å². The van der Waals surface area contributed by atoms with Crippen LogP contribution < -0.4 is 5.43 Å². The largest absolute Gasteiger partial charge is 0.464 e. The first kappa shape index (κ1) is 13.3. The fourth-order valence-corrected chi connectivity index (χ4v) is 2.64. The number of hydrogen-bond donors (Lipinski definition) is 0. The van der Waals surface area contributed by atoms with Crippen molar-refractivity contribution < 1.29 is 4.42 Å². The number of piperazine rings is 1. The van der Waals surface area contributed by atoms with Crippen molar-refractivity contribution in [3.63, 3.8) is 0 Å². The lowest BCUT2D eigenvalue weighted by Gasteiger charge is -2.32. The topological polar surface area (TPSA) is 36.7 Å². The van der Waals surface area contributed by atoms with Crippen molar-refractivity contribution in [2.75, 3.05) is 33.2 Å². The highest BCUT2D eigenvalue weighted by molar-refractivity contribution is 5.77. The minimum Gasteiger partial charge on any atom is -0.464 e. The maximum atomic E-state index is 12.5. The van der Waals surface area contributed by atoms with Gasteiger partial charge in [0.05, 0.1) is 11.6 Å². The van der Waals surface area contributed by atoms with Crippen LogP contribution in [0.25, 0.3) is 11.0 Å². The highest BCUT2D eigenvalue weighted by Crippen LogP contribution is 2.14. The van der Waals surface area contributed by atoms with E-state index in [-0.39, 0.29) is 5.43 Å². The third-order valence-electron chi connectivity index (χ3n) is 3.99. The average molecular weight is 272 g/mol. The highest BCUT2D eigenvalue weighted by Gasteiger charge is 2.16. The van der Waals surface area contributed by atoms with E-state index in [0.717, 1.165) is 37.3 Å². The lowest BCUT2D eigenvalue weighted by atomic mass is 10.1.